The second-order valence-electron chi connectivity index (χ2n) is 11.6. The van der Waals surface area contributed by atoms with E-state index in [1.165, 1.54) is 31.4 Å². The molecule has 0 amide bonds. The third-order valence-corrected chi connectivity index (χ3v) is 9.14. The Morgan fingerprint density at radius 3 is 2.00 bits per heavy atom. The molecule has 0 saturated heterocycles. The third-order valence-electron chi connectivity index (χ3n) is 9.14. The molecule has 2 aromatic carbocycles. The zero-order valence-corrected chi connectivity index (χ0v) is 20.8. The summed E-state index contributed by atoms with van der Waals surface area (Å²) < 4.78 is 102. The normalized spacial score (nSPS) is 30.5. The molecule has 2 nitrogen and oxygen atoms in total. The third kappa shape index (κ3) is 3.82. The Morgan fingerprint density at radius 1 is 0.842 bits per heavy atom. The maximum absolute atomic E-state index is 14.6. The molecule has 204 valence electrons. The first-order valence-corrected chi connectivity index (χ1v) is 13.0. The Hall–Kier alpha value is -2.42. The van der Waals surface area contributed by atoms with Gasteiger partial charge in [-0.2, -0.15) is 30.7 Å². The summed E-state index contributed by atoms with van der Waals surface area (Å²) in [4.78, 5) is 3.21. The highest BCUT2D eigenvalue weighted by Gasteiger charge is 2.75. The highest BCUT2D eigenvalue weighted by molar-refractivity contribution is 6.07. The van der Waals surface area contributed by atoms with Crippen LogP contribution in [0.4, 0.5) is 30.7 Å². The van der Waals surface area contributed by atoms with Crippen LogP contribution in [0.2, 0.25) is 0 Å². The monoisotopic (exact) mass is 539 g/mol. The van der Waals surface area contributed by atoms with Gasteiger partial charge in [-0.3, -0.25) is 4.99 Å². The number of nitrogens with zero attached hydrogens (tertiary/aromatic N) is 1. The van der Waals surface area contributed by atoms with Gasteiger partial charge >= 0.3 is 18.0 Å². The van der Waals surface area contributed by atoms with Crippen LogP contribution < -0.4 is 0 Å². The minimum Gasteiger partial charge on any atom is -0.374 e. The number of aliphatic imine (C=N–C) groups is 1. The lowest BCUT2D eigenvalue weighted by molar-refractivity contribution is -0.336. The molecule has 5 aliphatic rings. The van der Waals surface area contributed by atoms with Crippen LogP contribution in [0.3, 0.4) is 0 Å². The summed E-state index contributed by atoms with van der Waals surface area (Å²) in [6.45, 7) is 0.395. The van der Waals surface area contributed by atoms with Gasteiger partial charge in [0.2, 0.25) is 0 Å². The molecular formula is C29H28F7NO. The lowest BCUT2D eigenvalue weighted by Gasteiger charge is -2.56. The fourth-order valence-electron chi connectivity index (χ4n) is 7.88. The SMILES string of the molecule is C/N=C(/c1ccc2c(c1)-c1ccccc1C2COC12CC3CC(CC(C3)C1)C2)C(F)(F)C(F)(F)C(F)(F)F. The lowest BCUT2D eigenvalue weighted by atomic mass is 9.54. The van der Waals surface area contributed by atoms with Crippen LogP contribution in [-0.4, -0.2) is 43.0 Å². The fraction of sp³-hybridized carbons (Fsp3) is 0.552. The van der Waals surface area contributed by atoms with Gasteiger partial charge in [0.25, 0.3) is 0 Å². The van der Waals surface area contributed by atoms with E-state index in [0.717, 1.165) is 49.1 Å². The number of hydrogen-bond donors (Lipinski definition) is 0. The molecule has 0 aliphatic heterocycles. The van der Waals surface area contributed by atoms with Crippen molar-refractivity contribution in [1.29, 1.82) is 0 Å². The number of alkyl halides is 7. The van der Waals surface area contributed by atoms with E-state index in [4.69, 9.17) is 4.74 Å². The van der Waals surface area contributed by atoms with Gasteiger partial charge in [0.05, 0.1) is 12.2 Å². The van der Waals surface area contributed by atoms with E-state index in [0.29, 0.717) is 29.9 Å². The van der Waals surface area contributed by atoms with E-state index in [9.17, 15) is 30.7 Å². The molecule has 1 atom stereocenters. The highest BCUT2D eigenvalue weighted by Crippen LogP contribution is 2.58. The zero-order chi connectivity index (χ0) is 27.1. The molecule has 4 saturated carbocycles. The molecule has 0 radical (unpaired) electrons. The summed E-state index contributed by atoms with van der Waals surface area (Å²) in [5.74, 6) is -9.91. The maximum atomic E-state index is 14.6. The van der Waals surface area contributed by atoms with Gasteiger partial charge in [-0.15, -0.1) is 0 Å². The fourth-order valence-corrected chi connectivity index (χ4v) is 7.88. The topological polar surface area (TPSA) is 21.6 Å². The quantitative estimate of drug-likeness (QED) is 0.269. The van der Waals surface area contributed by atoms with Gasteiger partial charge in [0.1, 0.15) is 5.71 Å². The number of fused-ring (bicyclic) bond motifs is 3. The Labute approximate surface area is 216 Å². The van der Waals surface area contributed by atoms with Gasteiger partial charge < -0.3 is 4.74 Å². The summed E-state index contributed by atoms with van der Waals surface area (Å²) in [7, 11) is 0.791. The molecular weight excluding hydrogens is 511 g/mol. The molecule has 0 heterocycles. The van der Waals surface area contributed by atoms with E-state index < -0.39 is 29.3 Å². The lowest BCUT2D eigenvalue weighted by Crippen LogP contribution is -2.56. The van der Waals surface area contributed by atoms with Crippen molar-refractivity contribution in [2.75, 3.05) is 13.7 Å². The van der Waals surface area contributed by atoms with Crippen molar-refractivity contribution in [2.45, 2.75) is 68.1 Å². The molecule has 1 unspecified atom stereocenters. The number of ether oxygens (including phenoxy) is 1. The van der Waals surface area contributed by atoms with Crippen molar-refractivity contribution in [1.82, 2.24) is 0 Å². The molecule has 9 heteroatoms. The Balaban J connectivity index is 1.32. The van der Waals surface area contributed by atoms with E-state index >= 15 is 0 Å². The molecule has 7 rings (SSSR count). The Bertz CT molecular complexity index is 1250. The average molecular weight is 540 g/mol. The summed E-state index contributed by atoms with van der Waals surface area (Å²) in [5, 5.41) is 0. The van der Waals surface area contributed by atoms with Gasteiger partial charge in [0.15, 0.2) is 0 Å². The Morgan fingerprint density at radius 2 is 1.42 bits per heavy atom. The maximum Gasteiger partial charge on any atom is 0.460 e. The molecule has 0 spiro atoms. The van der Waals surface area contributed by atoms with E-state index in [2.05, 4.69) is 4.99 Å². The van der Waals surface area contributed by atoms with Crippen LogP contribution in [0.25, 0.3) is 11.1 Å². The average Bonchev–Trinajstić information content (AvgIpc) is 3.14. The van der Waals surface area contributed by atoms with Crippen LogP contribution in [0, 0.1) is 17.8 Å². The molecule has 4 fully saturated rings. The van der Waals surface area contributed by atoms with Gasteiger partial charge in [-0.1, -0.05) is 36.4 Å². The van der Waals surface area contributed by atoms with Crippen molar-refractivity contribution < 1.29 is 35.5 Å². The number of halogens is 7. The van der Waals surface area contributed by atoms with Gasteiger partial charge in [-0.05, 0) is 84.6 Å². The number of rotatable bonds is 6. The van der Waals surface area contributed by atoms with Crippen molar-refractivity contribution >= 4 is 5.71 Å². The van der Waals surface area contributed by atoms with Crippen molar-refractivity contribution in [3.8, 4) is 11.1 Å². The molecule has 4 bridgehead atoms. The van der Waals surface area contributed by atoms with Crippen molar-refractivity contribution in [3.05, 3.63) is 59.2 Å². The Kier molecular flexibility index (Phi) is 5.80. The van der Waals surface area contributed by atoms with E-state index in [1.54, 1.807) is 12.1 Å². The summed E-state index contributed by atoms with van der Waals surface area (Å²) >= 11 is 0. The van der Waals surface area contributed by atoms with Gasteiger partial charge in [-0.25, -0.2) is 0 Å². The van der Waals surface area contributed by atoms with Crippen molar-refractivity contribution in [2.24, 2.45) is 22.7 Å². The molecule has 0 N–H and O–H groups in total. The van der Waals surface area contributed by atoms with Crippen LogP contribution in [0.15, 0.2) is 47.5 Å². The first kappa shape index (κ1) is 25.8. The minimum absolute atomic E-state index is 0.139. The highest BCUT2D eigenvalue weighted by atomic mass is 19.4. The summed E-state index contributed by atoms with van der Waals surface area (Å²) in [6.07, 6.45) is 0.558. The second-order valence-corrected chi connectivity index (χ2v) is 11.6. The largest absolute Gasteiger partial charge is 0.460 e. The molecule has 0 aromatic heterocycles. The minimum atomic E-state index is -6.44. The van der Waals surface area contributed by atoms with E-state index in [-0.39, 0.29) is 11.5 Å². The number of benzene rings is 2. The first-order valence-electron chi connectivity index (χ1n) is 13.0. The number of hydrogen-bond acceptors (Lipinski definition) is 2. The van der Waals surface area contributed by atoms with Crippen molar-refractivity contribution in [3.63, 3.8) is 0 Å². The molecule has 5 aliphatic carbocycles. The van der Waals surface area contributed by atoms with Crippen LogP contribution in [0.1, 0.15) is 61.1 Å². The van der Waals surface area contributed by atoms with Crippen LogP contribution in [-0.2, 0) is 4.74 Å². The summed E-state index contributed by atoms with van der Waals surface area (Å²) in [5.41, 5.74) is 0.729. The summed E-state index contributed by atoms with van der Waals surface area (Å²) in [6, 6.07) is 11.3. The smallest absolute Gasteiger partial charge is 0.374 e. The van der Waals surface area contributed by atoms with Gasteiger partial charge in [0, 0.05) is 18.5 Å². The predicted molar refractivity (Wildman–Crippen MR) is 129 cm³/mol. The van der Waals surface area contributed by atoms with Crippen LogP contribution >= 0.6 is 0 Å². The molecule has 2 aromatic rings. The molecule has 38 heavy (non-hydrogen) atoms. The first-order chi connectivity index (χ1) is 17.9. The van der Waals surface area contributed by atoms with Crippen LogP contribution in [0.5, 0.6) is 0 Å². The van der Waals surface area contributed by atoms with E-state index in [1.807, 2.05) is 12.1 Å². The standard InChI is InChI=1S/C29H28F7NO/c1-37-25(27(30,31)28(32,33)29(34,35)36)19-6-7-22-23(11-19)20-4-2-3-5-21(20)24(22)15-38-26-12-16-8-17(13-26)10-18(9-16)14-26/h2-7,11,16-18,24H,8-10,12-15H2,1H3/b37-25-. The predicted octanol–water partition coefficient (Wildman–Crippen LogP) is 8.04. The zero-order valence-electron chi connectivity index (χ0n) is 20.8. The second kappa shape index (κ2) is 8.54.